The fourth-order valence-electron chi connectivity index (χ4n) is 2.39. The molecule has 1 aromatic rings. The van der Waals surface area contributed by atoms with Crippen LogP contribution in [0.25, 0.3) is 0 Å². The minimum Gasteiger partial charge on any atom is -0.335 e. The van der Waals surface area contributed by atoms with E-state index in [1.54, 1.807) is 24.1 Å². The highest BCUT2D eigenvalue weighted by Gasteiger charge is 2.43. The van der Waals surface area contributed by atoms with Crippen LogP contribution in [0.4, 0.5) is 0 Å². The molecule has 0 radical (unpaired) electrons. The summed E-state index contributed by atoms with van der Waals surface area (Å²) in [6.45, 7) is 3.80. The first-order valence-corrected chi connectivity index (χ1v) is 8.11. The molecule has 5 heteroatoms. The Kier molecular flexibility index (Phi) is 3.43. The van der Waals surface area contributed by atoms with Crippen molar-refractivity contribution in [2.75, 3.05) is 18.6 Å². The van der Waals surface area contributed by atoms with Gasteiger partial charge in [0.2, 0.25) is 0 Å². The number of rotatable bonds is 2. The molecule has 0 N–H and O–H groups in total. The van der Waals surface area contributed by atoms with E-state index in [-0.39, 0.29) is 17.4 Å². The molecule has 19 heavy (non-hydrogen) atoms. The van der Waals surface area contributed by atoms with Crippen LogP contribution in [-0.2, 0) is 9.84 Å². The van der Waals surface area contributed by atoms with E-state index in [0.29, 0.717) is 12.0 Å². The Morgan fingerprint density at radius 2 is 1.84 bits per heavy atom. The molecule has 104 valence electrons. The molecule has 0 bridgehead atoms. The van der Waals surface area contributed by atoms with Crippen molar-refractivity contribution in [1.82, 2.24) is 4.90 Å². The van der Waals surface area contributed by atoms with Crippen molar-refractivity contribution in [3.8, 4) is 0 Å². The van der Waals surface area contributed by atoms with Crippen LogP contribution in [-0.4, -0.2) is 43.3 Å². The van der Waals surface area contributed by atoms with Crippen LogP contribution in [0, 0.1) is 6.92 Å². The summed E-state index contributed by atoms with van der Waals surface area (Å²) in [4.78, 5) is 14.0. The molecule has 1 aromatic carbocycles. The van der Waals surface area contributed by atoms with E-state index in [9.17, 15) is 13.2 Å². The molecule has 0 unspecified atom stereocenters. The number of hydrogen-bond donors (Lipinski definition) is 0. The van der Waals surface area contributed by atoms with Gasteiger partial charge in [-0.1, -0.05) is 17.7 Å². The van der Waals surface area contributed by atoms with Crippen LogP contribution in [0.2, 0.25) is 0 Å². The number of hydrogen-bond acceptors (Lipinski definition) is 3. The Morgan fingerprint density at radius 3 is 2.32 bits per heavy atom. The molecule has 1 fully saturated rings. The maximum Gasteiger partial charge on any atom is 0.254 e. The highest BCUT2D eigenvalue weighted by atomic mass is 32.2. The van der Waals surface area contributed by atoms with Gasteiger partial charge in [0.1, 0.15) is 0 Å². The monoisotopic (exact) mass is 281 g/mol. The fourth-order valence-corrected chi connectivity index (χ4v) is 4.57. The molecule has 0 aromatic heterocycles. The standard InChI is InChI=1S/C14H19NO3S/c1-11-4-6-12(7-5-11)13(16)15(3)14(2)8-9-19(17,18)10-14/h4-7H,8-10H2,1-3H3/t14-/m0/s1. The van der Waals surface area contributed by atoms with E-state index in [1.807, 2.05) is 26.0 Å². The topological polar surface area (TPSA) is 54.5 Å². The van der Waals surface area contributed by atoms with Crippen LogP contribution >= 0.6 is 0 Å². The lowest BCUT2D eigenvalue weighted by Gasteiger charge is -2.34. The highest BCUT2D eigenvalue weighted by Crippen LogP contribution is 2.29. The Labute approximate surface area is 114 Å². The Balaban J connectivity index is 2.22. The Bertz CT molecular complexity index is 592. The van der Waals surface area contributed by atoms with Crippen LogP contribution in [0.15, 0.2) is 24.3 Å². The number of amides is 1. The first kappa shape index (κ1) is 14.1. The Hall–Kier alpha value is -1.36. The fraction of sp³-hybridized carbons (Fsp3) is 0.500. The summed E-state index contributed by atoms with van der Waals surface area (Å²) in [5.41, 5.74) is 1.09. The second-order valence-electron chi connectivity index (χ2n) is 5.57. The third-order valence-corrected chi connectivity index (χ3v) is 5.78. The highest BCUT2D eigenvalue weighted by molar-refractivity contribution is 7.91. The molecule has 1 atom stereocenters. The van der Waals surface area contributed by atoms with Gasteiger partial charge in [-0.05, 0) is 32.4 Å². The summed E-state index contributed by atoms with van der Waals surface area (Å²) in [5.74, 6) is 0.0861. The van der Waals surface area contributed by atoms with E-state index < -0.39 is 15.4 Å². The van der Waals surface area contributed by atoms with Gasteiger partial charge in [0.15, 0.2) is 9.84 Å². The summed E-state index contributed by atoms with van der Waals surface area (Å²) in [7, 11) is -1.33. The summed E-state index contributed by atoms with van der Waals surface area (Å²) < 4.78 is 23.2. The SMILES string of the molecule is Cc1ccc(C(=O)N(C)[C@@]2(C)CCS(=O)(=O)C2)cc1. The molecule has 1 heterocycles. The van der Waals surface area contributed by atoms with Crippen LogP contribution < -0.4 is 0 Å². The van der Waals surface area contributed by atoms with E-state index in [4.69, 9.17) is 0 Å². The number of sulfone groups is 1. The molecule has 1 amide bonds. The molecule has 0 aliphatic carbocycles. The normalized spacial score (nSPS) is 25.2. The van der Waals surface area contributed by atoms with E-state index in [2.05, 4.69) is 0 Å². The van der Waals surface area contributed by atoms with Crippen LogP contribution in [0.5, 0.6) is 0 Å². The second-order valence-corrected chi connectivity index (χ2v) is 7.75. The second kappa shape index (κ2) is 4.63. The van der Waals surface area contributed by atoms with Gasteiger partial charge in [0.05, 0.1) is 17.0 Å². The van der Waals surface area contributed by atoms with E-state index in [1.165, 1.54) is 0 Å². The predicted octanol–water partition coefficient (Wildman–Crippen LogP) is 1.64. The summed E-state index contributed by atoms with van der Waals surface area (Å²) in [5, 5.41) is 0. The molecule has 1 saturated heterocycles. The molecule has 0 spiro atoms. The number of benzene rings is 1. The van der Waals surface area contributed by atoms with Gasteiger partial charge in [-0.25, -0.2) is 8.42 Å². The van der Waals surface area contributed by atoms with Crippen molar-refractivity contribution >= 4 is 15.7 Å². The Morgan fingerprint density at radius 1 is 1.26 bits per heavy atom. The van der Waals surface area contributed by atoms with Gasteiger partial charge >= 0.3 is 0 Å². The number of nitrogens with zero attached hydrogens (tertiary/aromatic N) is 1. The smallest absolute Gasteiger partial charge is 0.254 e. The zero-order valence-corrected chi connectivity index (χ0v) is 12.3. The van der Waals surface area contributed by atoms with Gasteiger partial charge < -0.3 is 4.90 Å². The third-order valence-electron chi connectivity index (χ3n) is 3.90. The molecule has 4 nitrogen and oxygen atoms in total. The van der Waals surface area contributed by atoms with Crippen LogP contribution in [0.3, 0.4) is 0 Å². The lowest BCUT2D eigenvalue weighted by atomic mass is 9.98. The summed E-state index contributed by atoms with van der Waals surface area (Å²) in [6, 6.07) is 7.32. The van der Waals surface area contributed by atoms with Gasteiger partial charge in [0.25, 0.3) is 5.91 Å². The van der Waals surface area contributed by atoms with Gasteiger partial charge in [-0.2, -0.15) is 0 Å². The molecule has 2 rings (SSSR count). The van der Waals surface area contributed by atoms with Crippen molar-refractivity contribution < 1.29 is 13.2 Å². The lowest BCUT2D eigenvalue weighted by Crippen LogP contribution is -2.48. The largest absolute Gasteiger partial charge is 0.335 e. The van der Waals surface area contributed by atoms with E-state index >= 15 is 0 Å². The van der Waals surface area contributed by atoms with Crippen molar-refractivity contribution in [2.45, 2.75) is 25.8 Å². The zero-order valence-electron chi connectivity index (χ0n) is 11.5. The summed E-state index contributed by atoms with van der Waals surface area (Å²) >= 11 is 0. The predicted molar refractivity (Wildman–Crippen MR) is 74.9 cm³/mol. The summed E-state index contributed by atoms with van der Waals surface area (Å²) in [6.07, 6.45) is 0.503. The van der Waals surface area contributed by atoms with Crippen LogP contribution in [0.1, 0.15) is 29.3 Å². The molecule has 0 saturated carbocycles. The minimum absolute atomic E-state index is 0.0497. The number of carbonyl (C=O) groups excluding carboxylic acids is 1. The maximum absolute atomic E-state index is 12.4. The minimum atomic E-state index is -3.02. The maximum atomic E-state index is 12.4. The molecular weight excluding hydrogens is 262 g/mol. The lowest BCUT2D eigenvalue weighted by molar-refractivity contribution is 0.0638. The molecule has 1 aliphatic rings. The van der Waals surface area contributed by atoms with Crippen molar-refractivity contribution in [1.29, 1.82) is 0 Å². The van der Waals surface area contributed by atoms with Crippen molar-refractivity contribution in [3.05, 3.63) is 35.4 Å². The average molecular weight is 281 g/mol. The molecule has 1 aliphatic heterocycles. The van der Waals surface area contributed by atoms with Crippen molar-refractivity contribution in [3.63, 3.8) is 0 Å². The van der Waals surface area contributed by atoms with Gasteiger partial charge in [-0.3, -0.25) is 4.79 Å². The van der Waals surface area contributed by atoms with Gasteiger partial charge in [0, 0.05) is 12.6 Å². The molecular formula is C14H19NO3S. The number of aryl methyl sites for hydroxylation is 1. The third kappa shape index (κ3) is 2.81. The first-order chi connectivity index (χ1) is 8.73. The van der Waals surface area contributed by atoms with Gasteiger partial charge in [-0.15, -0.1) is 0 Å². The first-order valence-electron chi connectivity index (χ1n) is 6.29. The van der Waals surface area contributed by atoms with Crippen molar-refractivity contribution in [2.24, 2.45) is 0 Å². The quantitative estimate of drug-likeness (QED) is 0.828. The zero-order chi connectivity index (χ0) is 14.3. The average Bonchev–Trinajstić information content (AvgIpc) is 2.64. The number of carbonyl (C=O) groups is 1. The van der Waals surface area contributed by atoms with E-state index in [0.717, 1.165) is 5.56 Å².